The van der Waals surface area contributed by atoms with Gasteiger partial charge in [0.1, 0.15) is 0 Å². The Morgan fingerprint density at radius 3 is 2.59 bits per heavy atom. The Balaban J connectivity index is 1.75. The van der Waals surface area contributed by atoms with Crippen LogP contribution in [0, 0.1) is 5.92 Å². The minimum Gasteiger partial charge on any atom is -0.354 e. The number of anilines is 2. The summed E-state index contributed by atoms with van der Waals surface area (Å²) in [5, 5.41) is 4.44. The molecule has 4 rings (SSSR count). The summed E-state index contributed by atoms with van der Waals surface area (Å²) in [5.41, 5.74) is 4.62. The number of aromatic nitrogens is 1. The van der Waals surface area contributed by atoms with Gasteiger partial charge >= 0.3 is 0 Å². The minimum atomic E-state index is 0.152. The Morgan fingerprint density at radius 1 is 1.19 bits per heavy atom. The second-order valence-electron chi connectivity index (χ2n) is 7.41. The van der Waals surface area contributed by atoms with E-state index >= 15 is 0 Å². The molecule has 0 amide bonds. The van der Waals surface area contributed by atoms with E-state index in [0.29, 0.717) is 5.56 Å². The van der Waals surface area contributed by atoms with Crippen LogP contribution in [0.3, 0.4) is 0 Å². The molecule has 5 heteroatoms. The second kappa shape index (κ2) is 7.41. The van der Waals surface area contributed by atoms with Gasteiger partial charge in [-0.2, -0.15) is 0 Å². The topological polar surface area (TPSA) is 45.2 Å². The molecule has 2 aromatic carbocycles. The number of nitrogens with one attached hydrogen (secondary N) is 1. The van der Waals surface area contributed by atoms with Gasteiger partial charge < -0.3 is 10.2 Å². The van der Waals surface area contributed by atoms with Crippen molar-refractivity contribution in [3.8, 4) is 0 Å². The Bertz CT molecular complexity index is 994. The summed E-state index contributed by atoms with van der Waals surface area (Å²) in [6.07, 6.45) is 3.68. The van der Waals surface area contributed by atoms with Crippen LogP contribution in [0.2, 0.25) is 0 Å². The maximum atomic E-state index is 12.8. The lowest BCUT2D eigenvalue weighted by atomic mass is 10.0. The number of hydrogen-bond acceptors (Lipinski definition) is 4. The highest BCUT2D eigenvalue weighted by Crippen LogP contribution is 2.38. The van der Waals surface area contributed by atoms with Crippen LogP contribution in [-0.4, -0.2) is 29.8 Å². The molecule has 3 aromatic rings. The number of Topliss-reactive ketones (excluding diaryl/α,β-unsaturated/α-hetero) is 1. The molecule has 0 bridgehead atoms. The molecule has 0 aliphatic heterocycles. The zero-order valence-corrected chi connectivity index (χ0v) is 17.1. The van der Waals surface area contributed by atoms with E-state index in [1.165, 1.54) is 5.56 Å². The normalized spacial score (nSPS) is 13.9. The van der Waals surface area contributed by atoms with Gasteiger partial charge in [0.2, 0.25) is 0 Å². The van der Waals surface area contributed by atoms with Crippen LogP contribution in [0.15, 0.2) is 53.1 Å². The van der Waals surface area contributed by atoms with Gasteiger partial charge in [0, 0.05) is 34.2 Å². The number of benzene rings is 2. The summed E-state index contributed by atoms with van der Waals surface area (Å²) in [6.45, 7) is 0.900. The van der Waals surface area contributed by atoms with E-state index in [1.54, 1.807) is 6.20 Å². The van der Waals surface area contributed by atoms with Gasteiger partial charge in [-0.05, 0) is 62.8 Å². The van der Waals surface area contributed by atoms with Crippen molar-refractivity contribution >= 4 is 44.0 Å². The average Bonchev–Trinajstić information content (AvgIpc) is 3.48. The Labute approximate surface area is 167 Å². The van der Waals surface area contributed by atoms with Crippen LogP contribution in [0.1, 0.15) is 28.8 Å². The zero-order valence-electron chi connectivity index (χ0n) is 15.5. The van der Waals surface area contributed by atoms with E-state index in [-0.39, 0.29) is 11.7 Å². The van der Waals surface area contributed by atoms with Crippen LogP contribution >= 0.6 is 15.9 Å². The fraction of sp³-hybridized carbons (Fsp3) is 0.273. The fourth-order valence-corrected chi connectivity index (χ4v) is 3.62. The molecule has 138 valence electrons. The summed E-state index contributed by atoms with van der Waals surface area (Å²) in [5.74, 6) is 0.343. The van der Waals surface area contributed by atoms with Crippen molar-refractivity contribution in [2.45, 2.75) is 19.4 Å². The predicted molar refractivity (Wildman–Crippen MR) is 114 cm³/mol. The lowest BCUT2D eigenvalue weighted by Gasteiger charge is -2.15. The lowest BCUT2D eigenvalue weighted by molar-refractivity contribution is 0.0968. The van der Waals surface area contributed by atoms with Crippen molar-refractivity contribution in [2.24, 2.45) is 5.92 Å². The Kier molecular flexibility index (Phi) is 4.98. The van der Waals surface area contributed by atoms with Crippen molar-refractivity contribution in [3.63, 3.8) is 0 Å². The molecule has 1 saturated carbocycles. The number of halogens is 1. The van der Waals surface area contributed by atoms with Crippen LogP contribution in [0.4, 0.5) is 11.4 Å². The number of ketones is 1. The summed E-state index contributed by atoms with van der Waals surface area (Å²) >= 11 is 3.54. The number of carbonyl (C=O) groups is 1. The van der Waals surface area contributed by atoms with Gasteiger partial charge in [-0.15, -0.1) is 0 Å². The monoisotopic (exact) mass is 423 g/mol. The third-order valence-corrected chi connectivity index (χ3v) is 5.26. The highest BCUT2D eigenvalue weighted by Gasteiger charge is 2.32. The second-order valence-corrected chi connectivity index (χ2v) is 8.32. The minimum absolute atomic E-state index is 0.152. The molecule has 0 radical (unpaired) electrons. The zero-order chi connectivity index (χ0) is 19.0. The third-order valence-electron chi connectivity index (χ3n) is 4.77. The van der Waals surface area contributed by atoms with Gasteiger partial charge in [0.15, 0.2) is 5.78 Å². The molecule has 1 fully saturated rings. The first-order valence-electron chi connectivity index (χ1n) is 9.14. The third kappa shape index (κ3) is 4.04. The quantitative estimate of drug-likeness (QED) is 0.539. The van der Waals surface area contributed by atoms with Crippen LogP contribution in [0.25, 0.3) is 10.9 Å². The van der Waals surface area contributed by atoms with E-state index in [1.807, 2.05) is 18.2 Å². The molecule has 0 saturated heterocycles. The fourth-order valence-electron chi connectivity index (χ4n) is 3.25. The molecule has 1 N–H and O–H groups in total. The molecule has 1 aromatic heterocycles. The lowest BCUT2D eigenvalue weighted by Crippen LogP contribution is -2.10. The van der Waals surface area contributed by atoms with E-state index in [0.717, 1.165) is 46.1 Å². The molecule has 0 unspecified atom stereocenters. The van der Waals surface area contributed by atoms with E-state index in [4.69, 9.17) is 0 Å². The first-order valence-corrected chi connectivity index (χ1v) is 9.94. The van der Waals surface area contributed by atoms with Crippen molar-refractivity contribution < 1.29 is 4.79 Å². The highest BCUT2D eigenvalue weighted by molar-refractivity contribution is 9.10. The molecule has 1 heterocycles. The molecule has 4 nitrogen and oxygen atoms in total. The van der Waals surface area contributed by atoms with Gasteiger partial charge in [0.25, 0.3) is 0 Å². The van der Waals surface area contributed by atoms with Gasteiger partial charge in [-0.1, -0.05) is 28.1 Å². The van der Waals surface area contributed by atoms with E-state index < -0.39 is 0 Å². The number of pyridine rings is 1. The Morgan fingerprint density at radius 2 is 1.93 bits per heavy atom. The molecule has 27 heavy (non-hydrogen) atoms. The number of rotatable bonds is 6. The first kappa shape index (κ1) is 18.1. The number of fused-ring (bicyclic) bond motifs is 1. The summed E-state index contributed by atoms with van der Waals surface area (Å²) < 4.78 is 0.970. The molecule has 1 aliphatic carbocycles. The largest absolute Gasteiger partial charge is 0.354 e. The maximum absolute atomic E-state index is 12.8. The standard InChI is InChI=1S/C22H22BrN3O/c1-26(2)13-14-3-8-17(9-4-14)25-21-18-11-16(23)7-10-20(18)24-12-19(21)22(27)15-5-6-15/h3-4,7-12,15H,5-6,13H2,1-2H3,(H,24,25). The van der Waals surface area contributed by atoms with E-state index in [2.05, 4.69) is 69.5 Å². The summed E-state index contributed by atoms with van der Waals surface area (Å²) in [7, 11) is 4.12. The number of nitrogens with zero attached hydrogens (tertiary/aromatic N) is 2. The van der Waals surface area contributed by atoms with Gasteiger partial charge in [-0.25, -0.2) is 0 Å². The predicted octanol–water partition coefficient (Wildman–Crippen LogP) is 5.40. The van der Waals surface area contributed by atoms with Crippen molar-refractivity contribution in [1.82, 2.24) is 9.88 Å². The maximum Gasteiger partial charge on any atom is 0.169 e. The number of carbonyl (C=O) groups excluding carboxylic acids is 1. The molecule has 0 spiro atoms. The molecule has 1 aliphatic rings. The summed E-state index contributed by atoms with van der Waals surface area (Å²) in [4.78, 5) is 19.5. The molecule has 0 atom stereocenters. The Hall–Kier alpha value is -2.24. The van der Waals surface area contributed by atoms with Gasteiger partial charge in [-0.3, -0.25) is 9.78 Å². The van der Waals surface area contributed by atoms with Crippen molar-refractivity contribution in [2.75, 3.05) is 19.4 Å². The van der Waals surface area contributed by atoms with E-state index in [9.17, 15) is 4.79 Å². The highest BCUT2D eigenvalue weighted by atomic mass is 79.9. The van der Waals surface area contributed by atoms with Crippen LogP contribution in [-0.2, 0) is 6.54 Å². The van der Waals surface area contributed by atoms with Crippen LogP contribution < -0.4 is 5.32 Å². The summed E-state index contributed by atoms with van der Waals surface area (Å²) in [6, 6.07) is 14.3. The SMILES string of the molecule is CN(C)Cc1ccc(Nc2c(C(=O)C3CC3)cnc3ccc(Br)cc23)cc1. The molecular formula is C22H22BrN3O. The first-order chi connectivity index (χ1) is 13.0. The smallest absolute Gasteiger partial charge is 0.169 e. The van der Waals surface area contributed by atoms with Crippen molar-refractivity contribution in [3.05, 3.63) is 64.3 Å². The van der Waals surface area contributed by atoms with Crippen molar-refractivity contribution in [1.29, 1.82) is 0 Å². The van der Waals surface area contributed by atoms with Gasteiger partial charge in [0.05, 0.1) is 16.8 Å². The van der Waals surface area contributed by atoms with Crippen LogP contribution in [0.5, 0.6) is 0 Å². The average molecular weight is 424 g/mol. The number of hydrogen-bond donors (Lipinski definition) is 1. The molecular weight excluding hydrogens is 402 g/mol.